The normalized spacial score (nSPS) is 15.0. The Balaban J connectivity index is 1.82. The van der Waals surface area contributed by atoms with Gasteiger partial charge in [-0.1, -0.05) is 48.4 Å². The van der Waals surface area contributed by atoms with Gasteiger partial charge in [0.25, 0.3) is 5.56 Å². The zero-order valence-electron chi connectivity index (χ0n) is 17.7. The Morgan fingerprint density at radius 2 is 1.85 bits per heavy atom. The minimum Gasteiger partial charge on any atom is -0.310 e. The van der Waals surface area contributed by atoms with Gasteiger partial charge in [-0.2, -0.15) is 5.26 Å². The standard InChI is InChI=1S/C25H20ClN5OS/c26-18-12-10-17(11-13-18)15-21-24(32)31(19-7-3-1-4-8-19)25(33-21)20(16-27)23-29-28-22-9-5-2-6-14-30(22)23/h1,3-4,7-8,10-13,15H,2,5-6,9,14H2/b21-15-,25-20-. The van der Waals surface area contributed by atoms with Crippen LogP contribution in [0.15, 0.2) is 59.4 Å². The van der Waals surface area contributed by atoms with E-state index in [0.29, 0.717) is 31.3 Å². The van der Waals surface area contributed by atoms with Crippen molar-refractivity contribution in [3.05, 3.63) is 96.4 Å². The summed E-state index contributed by atoms with van der Waals surface area (Å²) in [5.41, 5.74) is 1.74. The highest BCUT2D eigenvalue weighted by Gasteiger charge is 2.21. The van der Waals surface area contributed by atoms with Gasteiger partial charge >= 0.3 is 0 Å². The fraction of sp³-hybridized carbons (Fsp3) is 0.200. The van der Waals surface area contributed by atoms with Crippen LogP contribution < -0.4 is 14.8 Å². The molecule has 2 aromatic carbocycles. The van der Waals surface area contributed by atoms with Crippen molar-refractivity contribution in [2.45, 2.75) is 32.2 Å². The van der Waals surface area contributed by atoms with Crippen molar-refractivity contribution in [2.75, 3.05) is 0 Å². The summed E-state index contributed by atoms with van der Waals surface area (Å²) in [5, 5.41) is 19.6. The molecule has 4 aromatic rings. The van der Waals surface area contributed by atoms with E-state index in [2.05, 4.69) is 16.3 Å². The summed E-state index contributed by atoms with van der Waals surface area (Å²) in [4.78, 5) is 13.5. The third-order valence-corrected chi connectivity index (χ3v) is 7.01. The lowest BCUT2D eigenvalue weighted by molar-refractivity contribution is 0.627. The van der Waals surface area contributed by atoms with Crippen molar-refractivity contribution < 1.29 is 0 Å². The molecule has 0 N–H and O–H groups in total. The molecule has 0 radical (unpaired) electrons. The molecule has 6 nitrogen and oxygen atoms in total. The Morgan fingerprint density at radius 1 is 1.06 bits per heavy atom. The molecular formula is C25H20ClN5OS. The van der Waals surface area contributed by atoms with Crippen LogP contribution in [0.25, 0.3) is 17.3 Å². The van der Waals surface area contributed by atoms with Gasteiger partial charge in [0.05, 0.1) is 10.2 Å². The molecule has 2 aromatic heterocycles. The molecule has 8 heteroatoms. The van der Waals surface area contributed by atoms with Gasteiger partial charge in [0.1, 0.15) is 22.1 Å². The molecule has 0 aliphatic carbocycles. The molecule has 0 bridgehead atoms. The third kappa shape index (κ3) is 4.15. The average molecular weight is 474 g/mol. The lowest BCUT2D eigenvalue weighted by Crippen LogP contribution is -2.31. The summed E-state index contributed by atoms with van der Waals surface area (Å²) in [5.74, 6) is 1.42. The molecule has 1 aliphatic rings. The summed E-state index contributed by atoms with van der Waals surface area (Å²) < 4.78 is 4.71. The smallest absolute Gasteiger partial charge is 0.273 e. The monoisotopic (exact) mass is 473 g/mol. The number of nitrogens with zero attached hydrogens (tertiary/aromatic N) is 5. The predicted molar refractivity (Wildman–Crippen MR) is 130 cm³/mol. The fourth-order valence-corrected chi connectivity index (χ4v) is 5.26. The van der Waals surface area contributed by atoms with Crippen molar-refractivity contribution in [3.63, 3.8) is 0 Å². The second kappa shape index (κ2) is 9.18. The number of thiazole rings is 1. The highest BCUT2D eigenvalue weighted by molar-refractivity contribution is 7.07. The maximum Gasteiger partial charge on any atom is 0.273 e. The molecule has 0 amide bonds. The van der Waals surface area contributed by atoms with Crippen molar-refractivity contribution >= 4 is 34.6 Å². The number of rotatable bonds is 3. The van der Waals surface area contributed by atoms with E-state index >= 15 is 0 Å². The summed E-state index contributed by atoms with van der Waals surface area (Å²) in [7, 11) is 0. The first-order valence-corrected chi connectivity index (χ1v) is 12.0. The van der Waals surface area contributed by atoms with Crippen LogP contribution in [-0.4, -0.2) is 19.3 Å². The van der Waals surface area contributed by atoms with Crippen LogP contribution in [-0.2, 0) is 13.0 Å². The van der Waals surface area contributed by atoms with Gasteiger partial charge in [-0.25, -0.2) is 0 Å². The molecule has 0 fully saturated rings. The molecule has 0 saturated heterocycles. The fourth-order valence-electron chi connectivity index (χ4n) is 4.04. The molecule has 0 saturated carbocycles. The summed E-state index contributed by atoms with van der Waals surface area (Å²) in [6.45, 7) is 0.771. The van der Waals surface area contributed by atoms with Crippen LogP contribution in [0, 0.1) is 11.3 Å². The molecule has 1 aliphatic heterocycles. The molecule has 0 unspecified atom stereocenters. The Kier molecular flexibility index (Phi) is 5.95. The van der Waals surface area contributed by atoms with Gasteiger partial charge < -0.3 is 4.57 Å². The van der Waals surface area contributed by atoms with E-state index in [9.17, 15) is 10.1 Å². The minimum atomic E-state index is -0.181. The van der Waals surface area contributed by atoms with Crippen molar-refractivity contribution in [3.8, 4) is 11.8 Å². The minimum absolute atomic E-state index is 0.181. The van der Waals surface area contributed by atoms with Gasteiger partial charge in [0.2, 0.25) is 0 Å². The van der Waals surface area contributed by atoms with Gasteiger partial charge in [-0.05, 0) is 48.7 Å². The van der Waals surface area contributed by atoms with E-state index in [4.69, 9.17) is 11.6 Å². The Labute approximate surface area is 199 Å². The van der Waals surface area contributed by atoms with E-state index in [1.165, 1.54) is 11.3 Å². The van der Waals surface area contributed by atoms with Crippen molar-refractivity contribution in [2.24, 2.45) is 0 Å². The van der Waals surface area contributed by atoms with Crippen LogP contribution in [0.5, 0.6) is 0 Å². The van der Waals surface area contributed by atoms with Crippen LogP contribution in [0.3, 0.4) is 0 Å². The summed E-state index contributed by atoms with van der Waals surface area (Å²) in [6.07, 6.45) is 5.87. The van der Waals surface area contributed by atoms with Gasteiger partial charge in [-0.15, -0.1) is 21.5 Å². The largest absolute Gasteiger partial charge is 0.310 e. The van der Waals surface area contributed by atoms with Gasteiger partial charge in [-0.3, -0.25) is 9.36 Å². The Morgan fingerprint density at radius 3 is 2.61 bits per heavy atom. The molecular weight excluding hydrogens is 454 g/mol. The van der Waals surface area contributed by atoms with Crippen molar-refractivity contribution in [1.82, 2.24) is 19.3 Å². The number of hydrogen-bond donors (Lipinski definition) is 0. The maximum atomic E-state index is 13.5. The highest BCUT2D eigenvalue weighted by atomic mass is 35.5. The van der Waals surface area contributed by atoms with Crippen LogP contribution in [0.2, 0.25) is 5.02 Å². The third-order valence-electron chi connectivity index (χ3n) is 5.66. The zero-order valence-corrected chi connectivity index (χ0v) is 19.3. The van der Waals surface area contributed by atoms with Crippen molar-refractivity contribution in [1.29, 1.82) is 5.26 Å². The van der Waals surface area contributed by atoms with Crippen LogP contribution >= 0.6 is 22.9 Å². The van der Waals surface area contributed by atoms with Gasteiger partial charge in [0.15, 0.2) is 5.82 Å². The van der Waals surface area contributed by atoms with E-state index in [-0.39, 0.29) is 5.56 Å². The lowest BCUT2D eigenvalue weighted by Gasteiger charge is -2.07. The van der Waals surface area contributed by atoms with Crippen LogP contribution in [0.4, 0.5) is 0 Å². The van der Waals surface area contributed by atoms with E-state index in [1.54, 1.807) is 16.7 Å². The number of benzene rings is 2. The lowest BCUT2D eigenvalue weighted by atomic mass is 10.2. The van der Waals surface area contributed by atoms with E-state index in [0.717, 1.165) is 43.6 Å². The number of aromatic nitrogens is 4. The van der Waals surface area contributed by atoms with Gasteiger partial charge in [0, 0.05) is 18.0 Å². The number of halogens is 1. The molecule has 5 rings (SSSR count). The summed E-state index contributed by atoms with van der Waals surface area (Å²) >= 11 is 7.30. The van der Waals surface area contributed by atoms with Crippen LogP contribution in [0.1, 0.15) is 36.5 Å². The average Bonchev–Trinajstić information content (AvgIpc) is 3.27. The first kappa shape index (κ1) is 21.4. The van der Waals surface area contributed by atoms with E-state index in [1.807, 2.05) is 53.1 Å². The molecule has 164 valence electrons. The SMILES string of the molecule is N#C/C(c1nnc2n1CCCCC2)=c1/s/c(=C\c2ccc(Cl)cc2)c(=O)n1-c1ccccc1. The second-order valence-corrected chi connectivity index (χ2v) is 9.30. The first-order chi connectivity index (χ1) is 16.2. The van der Waals surface area contributed by atoms with E-state index < -0.39 is 0 Å². The zero-order chi connectivity index (χ0) is 22.8. The molecule has 3 heterocycles. The second-order valence-electron chi connectivity index (χ2n) is 7.83. The predicted octanol–water partition coefficient (Wildman–Crippen LogP) is 3.42. The Bertz CT molecular complexity index is 1520. The quantitative estimate of drug-likeness (QED) is 0.457. The Hall–Kier alpha value is -3.47. The first-order valence-electron chi connectivity index (χ1n) is 10.8. The number of aryl methyl sites for hydroxylation is 1. The molecule has 33 heavy (non-hydrogen) atoms. The number of para-hydroxylation sites is 1. The summed E-state index contributed by atoms with van der Waals surface area (Å²) in [6, 6.07) is 19.0. The topological polar surface area (TPSA) is 76.5 Å². The number of nitriles is 1. The highest BCUT2D eigenvalue weighted by Crippen LogP contribution is 2.18. The maximum absolute atomic E-state index is 13.5. The molecule has 0 spiro atoms. The number of fused-ring (bicyclic) bond motifs is 1. The molecule has 0 atom stereocenters. The number of hydrogen-bond acceptors (Lipinski definition) is 5.